The minimum absolute atomic E-state index is 0. The van der Waals surface area contributed by atoms with E-state index in [1.807, 2.05) is 12.1 Å². The maximum atomic E-state index is 5.94. The average Bonchev–Trinajstić information content (AvgIpc) is 3.10. The number of ether oxygens (including phenoxy) is 2. The normalized spacial score (nSPS) is 16.5. The lowest BCUT2D eigenvalue weighted by atomic mass is 10.1. The molecule has 0 saturated carbocycles. The first-order chi connectivity index (χ1) is 11.2. The van der Waals surface area contributed by atoms with E-state index in [1.165, 1.54) is 18.4 Å². The predicted molar refractivity (Wildman–Crippen MR) is 108 cm³/mol. The zero-order valence-corrected chi connectivity index (χ0v) is 16.9. The van der Waals surface area contributed by atoms with Crippen molar-refractivity contribution in [2.45, 2.75) is 18.9 Å². The monoisotopic (exact) mass is 448 g/mol. The number of rotatable bonds is 8. The van der Waals surface area contributed by atoms with Crippen molar-refractivity contribution in [2.24, 2.45) is 10.7 Å². The molecule has 1 heterocycles. The summed E-state index contributed by atoms with van der Waals surface area (Å²) in [5.41, 5.74) is 7.16. The number of benzene rings is 1. The van der Waals surface area contributed by atoms with Crippen LogP contribution in [0.2, 0.25) is 0 Å². The Bertz CT molecular complexity index is 507. The molecule has 6 nitrogen and oxygen atoms in total. The fourth-order valence-electron chi connectivity index (χ4n) is 2.86. The molecule has 1 aromatic rings. The zero-order chi connectivity index (χ0) is 16.5. The van der Waals surface area contributed by atoms with Crippen LogP contribution in [0, 0.1) is 0 Å². The van der Waals surface area contributed by atoms with E-state index in [0.717, 1.165) is 18.8 Å². The van der Waals surface area contributed by atoms with Gasteiger partial charge < -0.3 is 20.5 Å². The van der Waals surface area contributed by atoms with Gasteiger partial charge in [-0.3, -0.25) is 9.89 Å². The number of aliphatic imine (C=N–C) groups is 1. The zero-order valence-electron chi connectivity index (χ0n) is 14.5. The average molecular weight is 448 g/mol. The molecule has 7 heteroatoms. The van der Waals surface area contributed by atoms with Crippen molar-refractivity contribution in [3.05, 3.63) is 29.8 Å². The summed E-state index contributed by atoms with van der Waals surface area (Å²) in [7, 11) is 3.36. The highest BCUT2D eigenvalue weighted by Gasteiger charge is 2.23. The molecule has 0 spiro atoms. The van der Waals surface area contributed by atoms with Gasteiger partial charge in [0.25, 0.3) is 0 Å². The highest BCUT2D eigenvalue weighted by atomic mass is 127. The molecule has 1 unspecified atom stereocenters. The predicted octanol–water partition coefficient (Wildman–Crippen LogP) is 2.00. The Labute approximate surface area is 161 Å². The van der Waals surface area contributed by atoms with Crippen LogP contribution in [-0.2, 0) is 4.74 Å². The molecule has 1 aliphatic rings. The van der Waals surface area contributed by atoms with Crippen molar-refractivity contribution >= 4 is 29.9 Å². The Kier molecular flexibility index (Phi) is 10.0. The van der Waals surface area contributed by atoms with Gasteiger partial charge in [-0.05, 0) is 43.6 Å². The summed E-state index contributed by atoms with van der Waals surface area (Å²) in [5, 5.41) is 3.06. The topological polar surface area (TPSA) is 72.1 Å². The minimum Gasteiger partial charge on any atom is -0.497 e. The highest BCUT2D eigenvalue weighted by molar-refractivity contribution is 14.0. The largest absolute Gasteiger partial charge is 0.497 e. The number of halogens is 1. The van der Waals surface area contributed by atoms with E-state index in [4.69, 9.17) is 15.2 Å². The first kappa shape index (κ1) is 21.0. The second-order valence-electron chi connectivity index (χ2n) is 5.68. The fraction of sp³-hybridized carbons (Fsp3) is 0.588. The number of hydrogen-bond donors (Lipinski definition) is 2. The molecule has 0 radical (unpaired) electrons. The van der Waals surface area contributed by atoms with Crippen molar-refractivity contribution in [1.29, 1.82) is 0 Å². The lowest BCUT2D eigenvalue weighted by molar-refractivity contribution is 0.203. The summed E-state index contributed by atoms with van der Waals surface area (Å²) in [6.07, 6.45) is 2.48. The third-order valence-corrected chi connectivity index (χ3v) is 4.11. The summed E-state index contributed by atoms with van der Waals surface area (Å²) in [6.45, 7) is 4.13. The third kappa shape index (κ3) is 6.45. The molecule has 3 N–H and O–H groups in total. The van der Waals surface area contributed by atoms with Crippen LogP contribution in [0.1, 0.15) is 24.4 Å². The highest BCUT2D eigenvalue weighted by Crippen LogP contribution is 2.27. The molecule has 0 aliphatic carbocycles. The smallest absolute Gasteiger partial charge is 0.188 e. The van der Waals surface area contributed by atoms with Crippen LogP contribution in [0.25, 0.3) is 0 Å². The van der Waals surface area contributed by atoms with Crippen molar-refractivity contribution in [2.75, 3.05) is 47.0 Å². The number of nitrogens with one attached hydrogen (secondary N) is 1. The van der Waals surface area contributed by atoms with Crippen molar-refractivity contribution in [3.63, 3.8) is 0 Å². The first-order valence-electron chi connectivity index (χ1n) is 8.15. The molecular formula is C17H29IN4O2. The van der Waals surface area contributed by atoms with Crippen molar-refractivity contribution in [3.8, 4) is 5.75 Å². The molecule has 0 amide bonds. The molecule has 1 atom stereocenters. The molecule has 136 valence electrons. The summed E-state index contributed by atoms with van der Waals surface area (Å²) >= 11 is 0. The van der Waals surface area contributed by atoms with Crippen LogP contribution >= 0.6 is 24.0 Å². The van der Waals surface area contributed by atoms with E-state index in [2.05, 4.69) is 27.3 Å². The molecule has 2 rings (SSSR count). The SMILES string of the molecule is COCCNC(N)=NCC(c1cccc(OC)c1)N1CCCC1.I. The lowest BCUT2D eigenvalue weighted by Gasteiger charge is -2.27. The third-order valence-electron chi connectivity index (χ3n) is 4.11. The number of methoxy groups -OCH3 is 2. The van der Waals surface area contributed by atoms with E-state index >= 15 is 0 Å². The van der Waals surface area contributed by atoms with Crippen LogP contribution in [0.4, 0.5) is 0 Å². The lowest BCUT2D eigenvalue weighted by Crippen LogP contribution is -2.35. The van der Waals surface area contributed by atoms with Gasteiger partial charge in [-0.25, -0.2) is 0 Å². The van der Waals surface area contributed by atoms with Gasteiger partial charge in [0.2, 0.25) is 0 Å². The summed E-state index contributed by atoms with van der Waals surface area (Å²) < 4.78 is 10.4. The first-order valence-corrected chi connectivity index (χ1v) is 8.15. The number of likely N-dealkylation sites (tertiary alicyclic amines) is 1. The maximum Gasteiger partial charge on any atom is 0.188 e. The number of hydrogen-bond acceptors (Lipinski definition) is 4. The molecule has 24 heavy (non-hydrogen) atoms. The minimum atomic E-state index is 0. The Morgan fingerprint density at radius 1 is 1.33 bits per heavy atom. The maximum absolute atomic E-state index is 5.94. The van der Waals surface area contributed by atoms with Gasteiger partial charge in [0.15, 0.2) is 5.96 Å². The van der Waals surface area contributed by atoms with Crippen LogP contribution < -0.4 is 15.8 Å². The second kappa shape index (κ2) is 11.5. The fourth-order valence-corrected chi connectivity index (χ4v) is 2.86. The quantitative estimate of drug-likeness (QED) is 0.276. The van der Waals surface area contributed by atoms with Gasteiger partial charge in [-0.15, -0.1) is 24.0 Å². The number of nitrogens with zero attached hydrogens (tertiary/aromatic N) is 2. The molecule has 1 fully saturated rings. The van der Waals surface area contributed by atoms with Crippen LogP contribution in [0.5, 0.6) is 5.75 Å². The van der Waals surface area contributed by atoms with Gasteiger partial charge in [-0.2, -0.15) is 0 Å². The van der Waals surface area contributed by atoms with Gasteiger partial charge in [-0.1, -0.05) is 12.1 Å². The Balaban J connectivity index is 0.00000288. The molecule has 0 aromatic heterocycles. The van der Waals surface area contributed by atoms with Crippen LogP contribution in [0.3, 0.4) is 0 Å². The molecule has 1 aromatic carbocycles. The summed E-state index contributed by atoms with van der Waals surface area (Å²) in [4.78, 5) is 6.99. The van der Waals surface area contributed by atoms with Crippen LogP contribution in [-0.4, -0.2) is 57.9 Å². The Hall–Kier alpha value is -1.06. The second-order valence-corrected chi connectivity index (χ2v) is 5.68. The van der Waals surface area contributed by atoms with Crippen molar-refractivity contribution < 1.29 is 9.47 Å². The summed E-state index contributed by atoms with van der Waals surface area (Å²) in [5.74, 6) is 1.34. The Morgan fingerprint density at radius 3 is 2.75 bits per heavy atom. The standard InChI is InChI=1S/C17H28N4O2.HI/c1-22-11-8-19-17(18)20-13-16(21-9-3-4-10-21)14-6-5-7-15(12-14)23-2;/h5-7,12,16H,3-4,8-11,13H2,1-2H3,(H3,18,19,20);1H. The van der Waals surface area contributed by atoms with Gasteiger partial charge in [0, 0.05) is 13.7 Å². The van der Waals surface area contributed by atoms with Gasteiger partial charge in [0.1, 0.15) is 5.75 Å². The van der Waals surface area contributed by atoms with E-state index in [9.17, 15) is 0 Å². The number of nitrogens with two attached hydrogens (primary N) is 1. The van der Waals surface area contributed by atoms with Gasteiger partial charge in [0.05, 0.1) is 26.3 Å². The number of guanidine groups is 1. The van der Waals surface area contributed by atoms with E-state index in [0.29, 0.717) is 25.7 Å². The molecule has 0 bridgehead atoms. The van der Waals surface area contributed by atoms with Gasteiger partial charge >= 0.3 is 0 Å². The Morgan fingerprint density at radius 2 is 2.08 bits per heavy atom. The molecular weight excluding hydrogens is 419 g/mol. The summed E-state index contributed by atoms with van der Waals surface area (Å²) in [6, 6.07) is 8.45. The van der Waals surface area contributed by atoms with E-state index in [1.54, 1.807) is 14.2 Å². The van der Waals surface area contributed by atoms with Crippen LogP contribution in [0.15, 0.2) is 29.3 Å². The molecule has 1 aliphatic heterocycles. The van der Waals surface area contributed by atoms with E-state index in [-0.39, 0.29) is 30.0 Å². The molecule has 1 saturated heterocycles. The van der Waals surface area contributed by atoms with E-state index < -0.39 is 0 Å². The van der Waals surface area contributed by atoms with Crippen molar-refractivity contribution in [1.82, 2.24) is 10.2 Å².